The average Bonchev–Trinajstić information content (AvgIpc) is 2.72. The quantitative estimate of drug-likeness (QED) is 0.527. The Bertz CT molecular complexity index is 567. The van der Waals surface area contributed by atoms with Crippen LogP contribution in [0.15, 0.2) is 34.9 Å². The van der Waals surface area contributed by atoms with Crippen molar-refractivity contribution in [3.05, 3.63) is 34.9 Å². The molecule has 0 aromatic heterocycles. The second-order valence-corrected chi connectivity index (χ2v) is 5.62. The monoisotopic (exact) mass is 260 g/mol. The Balaban J connectivity index is 2.14. The molecule has 0 unspecified atom stereocenters. The number of carbonyl (C=O) groups excluding carboxylic acids is 2. The number of hydrogen-bond donors (Lipinski definition) is 1. The molecule has 0 amide bonds. The molecule has 1 N–H and O–H groups in total. The highest BCUT2D eigenvalue weighted by molar-refractivity contribution is 6.09. The summed E-state index contributed by atoms with van der Waals surface area (Å²) in [4.78, 5) is 23.8. The predicted molar refractivity (Wildman–Crippen MR) is 68.1 cm³/mol. The molecule has 0 bridgehead atoms. The number of fused-ring (bicyclic) bond motifs is 3. The SMILES string of the molecule is C=C1C(=O)O[C@@H]2[C@H]3C(C)=CC(=O)C3=C(C)C[C@H](O)[C@H]12. The Labute approximate surface area is 111 Å². The highest BCUT2D eigenvalue weighted by Gasteiger charge is 2.52. The largest absolute Gasteiger partial charge is 0.457 e. The molecule has 3 aliphatic rings. The van der Waals surface area contributed by atoms with Gasteiger partial charge in [0, 0.05) is 17.1 Å². The van der Waals surface area contributed by atoms with Gasteiger partial charge in [-0.15, -0.1) is 0 Å². The van der Waals surface area contributed by atoms with Crippen LogP contribution in [0.25, 0.3) is 0 Å². The average molecular weight is 260 g/mol. The van der Waals surface area contributed by atoms with Crippen molar-refractivity contribution in [2.45, 2.75) is 32.5 Å². The van der Waals surface area contributed by atoms with Gasteiger partial charge in [-0.25, -0.2) is 4.79 Å². The summed E-state index contributed by atoms with van der Waals surface area (Å²) in [5.41, 5.74) is 2.78. The molecular formula is C15H16O4. The molecule has 0 saturated carbocycles. The van der Waals surface area contributed by atoms with Crippen LogP contribution in [0.2, 0.25) is 0 Å². The van der Waals surface area contributed by atoms with Crippen LogP contribution < -0.4 is 0 Å². The summed E-state index contributed by atoms with van der Waals surface area (Å²) in [6.45, 7) is 7.47. The zero-order chi connectivity index (χ0) is 13.9. The van der Waals surface area contributed by atoms with E-state index in [1.165, 1.54) is 0 Å². The van der Waals surface area contributed by atoms with Crippen molar-refractivity contribution in [2.24, 2.45) is 11.8 Å². The van der Waals surface area contributed by atoms with Crippen LogP contribution in [-0.2, 0) is 14.3 Å². The van der Waals surface area contributed by atoms with Gasteiger partial charge in [-0.3, -0.25) is 4.79 Å². The fraction of sp³-hybridized carbons (Fsp3) is 0.467. The van der Waals surface area contributed by atoms with E-state index in [4.69, 9.17) is 4.74 Å². The standard InChI is InChI=1S/C15H16O4/c1-6-4-10(17)13-8(3)15(18)19-14(13)12-7(2)5-9(16)11(6)12/h5,10,12-14,17H,3-4H2,1-2H3/t10-,12-,13-,14+/m0/s1. The maximum atomic E-state index is 12.1. The Morgan fingerprint density at radius 3 is 2.74 bits per heavy atom. The van der Waals surface area contributed by atoms with E-state index in [0.29, 0.717) is 17.6 Å². The molecule has 4 nitrogen and oxygen atoms in total. The van der Waals surface area contributed by atoms with Crippen LogP contribution in [-0.4, -0.2) is 29.1 Å². The van der Waals surface area contributed by atoms with E-state index in [2.05, 4.69) is 6.58 Å². The van der Waals surface area contributed by atoms with Crippen molar-refractivity contribution >= 4 is 11.8 Å². The number of carbonyl (C=O) groups is 2. The number of aliphatic hydroxyl groups excluding tert-OH is 1. The number of ether oxygens (including phenoxy) is 1. The topological polar surface area (TPSA) is 63.6 Å². The molecule has 0 spiro atoms. The lowest BCUT2D eigenvalue weighted by atomic mass is 9.82. The number of esters is 1. The van der Waals surface area contributed by atoms with Crippen molar-refractivity contribution in [2.75, 3.05) is 0 Å². The molecule has 1 heterocycles. The Hall–Kier alpha value is -1.68. The number of aliphatic hydroxyl groups is 1. The van der Waals surface area contributed by atoms with Crippen molar-refractivity contribution < 1.29 is 19.4 Å². The van der Waals surface area contributed by atoms with Crippen LogP contribution in [0, 0.1) is 11.8 Å². The summed E-state index contributed by atoms with van der Waals surface area (Å²) in [5, 5.41) is 10.3. The maximum absolute atomic E-state index is 12.1. The Kier molecular flexibility index (Phi) is 2.54. The second-order valence-electron chi connectivity index (χ2n) is 5.62. The first kappa shape index (κ1) is 12.4. The third-order valence-electron chi connectivity index (χ3n) is 4.41. The van der Waals surface area contributed by atoms with Gasteiger partial charge < -0.3 is 9.84 Å². The van der Waals surface area contributed by atoms with Crippen molar-refractivity contribution in [3.8, 4) is 0 Å². The molecule has 19 heavy (non-hydrogen) atoms. The summed E-state index contributed by atoms with van der Waals surface area (Å²) in [5.74, 6) is -1.13. The zero-order valence-corrected chi connectivity index (χ0v) is 11.0. The van der Waals surface area contributed by atoms with E-state index < -0.39 is 24.1 Å². The van der Waals surface area contributed by atoms with Gasteiger partial charge in [-0.05, 0) is 26.3 Å². The van der Waals surface area contributed by atoms with E-state index in [-0.39, 0.29) is 11.7 Å². The molecule has 100 valence electrons. The predicted octanol–water partition coefficient (Wildman–Crippen LogP) is 1.31. The van der Waals surface area contributed by atoms with Gasteiger partial charge in [0.25, 0.3) is 0 Å². The fourth-order valence-electron chi connectivity index (χ4n) is 3.54. The maximum Gasteiger partial charge on any atom is 0.334 e. The van der Waals surface area contributed by atoms with Gasteiger partial charge in [0.1, 0.15) is 6.10 Å². The van der Waals surface area contributed by atoms with E-state index in [1.807, 2.05) is 13.8 Å². The first-order chi connectivity index (χ1) is 8.91. The third kappa shape index (κ3) is 1.56. The Morgan fingerprint density at radius 2 is 2.05 bits per heavy atom. The molecule has 0 aromatic carbocycles. The first-order valence-corrected chi connectivity index (χ1v) is 6.42. The summed E-state index contributed by atoms with van der Waals surface area (Å²) in [6, 6.07) is 0. The summed E-state index contributed by atoms with van der Waals surface area (Å²) < 4.78 is 5.38. The van der Waals surface area contributed by atoms with E-state index in [0.717, 1.165) is 11.1 Å². The minimum absolute atomic E-state index is 0.0265. The summed E-state index contributed by atoms with van der Waals surface area (Å²) in [6.07, 6.45) is 0.774. The van der Waals surface area contributed by atoms with Crippen LogP contribution in [0.5, 0.6) is 0 Å². The van der Waals surface area contributed by atoms with Gasteiger partial charge >= 0.3 is 5.97 Å². The molecule has 4 heteroatoms. The number of allylic oxidation sites excluding steroid dienone is 1. The lowest BCUT2D eigenvalue weighted by Gasteiger charge is -2.25. The number of ketones is 1. The fourth-order valence-corrected chi connectivity index (χ4v) is 3.54. The summed E-state index contributed by atoms with van der Waals surface area (Å²) in [7, 11) is 0. The van der Waals surface area contributed by atoms with Crippen LogP contribution >= 0.6 is 0 Å². The molecule has 0 radical (unpaired) electrons. The highest BCUT2D eigenvalue weighted by Crippen LogP contribution is 2.47. The molecule has 3 rings (SSSR count). The normalized spacial score (nSPS) is 37.8. The smallest absolute Gasteiger partial charge is 0.334 e. The number of hydrogen-bond acceptors (Lipinski definition) is 4. The van der Waals surface area contributed by atoms with Crippen LogP contribution in [0.3, 0.4) is 0 Å². The van der Waals surface area contributed by atoms with E-state index in [9.17, 15) is 14.7 Å². The molecule has 2 aliphatic carbocycles. The van der Waals surface area contributed by atoms with Crippen molar-refractivity contribution in [1.29, 1.82) is 0 Å². The Morgan fingerprint density at radius 1 is 1.37 bits per heavy atom. The molecule has 0 aromatic rings. The van der Waals surface area contributed by atoms with Gasteiger partial charge in [0.15, 0.2) is 5.78 Å². The van der Waals surface area contributed by atoms with Crippen molar-refractivity contribution in [1.82, 2.24) is 0 Å². The zero-order valence-electron chi connectivity index (χ0n) is 11.0. The highest BCUT2D eigenvalue weighted by atomic mass is 16.6. The third-order valence-corrected chi connectivity index (χ3v) is 4.41. The molecular weight excluding hydrogens is 244 g/mol. The first-order valence-electron chi connectivity index (χ1n) is 6.42. The summed E-state index contributed by atoms with van der Waals surface area (Å²) >= 11 is 0. The van der Waals surface area contributed by atoms with Crippen LogP contribution in [0.1, 0.15) is 20.3 Å². The molecule has 1 fully saturated rings. The van der Waals surface area contributed by atoms with Crippen molar-refractivity contribution in [3.63, 3.8) is 0 Å². The second kappa shape index (κ2) is 3.90. The number of rotatable bonds is 0. The minimum atomic E-state index is -0.720. The van der Waals surface area contributed by atoms with Gasteiger partial charge in [0.2, 0.25) is 0 Å². The molecule has 1 saturated heterocycles. The van der Waals surface area contributed by atoms with E-state index >= 15 is 0 Å². The minimum Gasteiger partial charge on any atom is -0.457 e. The van der Waals surface area contributed by atoms with Crippen LogP contribution in [0.4, 0.5) is 0 Å². The lowest BCUT2D eigenvalue weighted by molar-refractivity contribution is -0.140. The molecule has 4 atom stereocenters. The van der Waals surface area contributed by atoms with Gasteiger partial charge in [-0.1, -0.05) is 17.7 Å². The van der Waals surface area contributed by atoms with Gasteiger partial charge in [0.05, 0.1) is 12.0 Å². The molecule has 1 aliphatic heterocycles. The lowest BCUT2D eigenvalue weighted by Crippen LogP contribution is -2.33. The van der Waals surface area contributed by atoms with E-state index in [1.54, 1.807) is 6.08 Å². The van der Waals surface area contributed by atoms with Gasteiger partial charge in [-0.2, -0.15) is 0 Å².